The number of rotatable bonds is 13. The van der Waals surface area contributed by atoms with Gasteiger partial charge in [0.1, 0.15) is 5.75 Å². The molecule has 0 radical (unpaired) electrons. The molecule has 0 aliphatic heterocycles. The van der Waals surface area contributed by atoms with E-state index in [9.17, 15) is 26.7 Å². The zero-order chi connectivity index (χ0) is 31.9. The van der Waals surface area contributed by atoms with E-state index in [0.717, 1.165) is 23.4 Å². The lowest BCUT2D eigenvalue weighted by atomic mass is 9.90. The lowest BCUT2D eigenvalue weighted by molar-refractivity contribution is -0.137. The number of alkyl halides is 3. The molecule has 44 heavy (non-hydrogen) atoms. The number of ether oxygens (including phenoxy) is 1. The van der Waals surface area contributed by atoms with Gasteiger partial charge in [0.2, 0.25) is 0 Å². The molecule has 0 aliphatic carbocycles. The van der Waals surface area contributed by atoms with Gasteiger partial charge in [-0.25, -0.2) is 8.42 Å². The Morgan fingerprint density at radius 2 is 1.52 bits per heavy atom. The minimum atomic E-state index is -4.57. The highest BCUT2D eigenvalue weighted by Crippen LogP contribution is 2.37. The van der Waals surface area contributed by atoms with Crippen molar-refractivity contribution in [3.8, 4) is 5.75 Å². The minimum absolute atomic E-state index is 0.000575. The molecular formula is C34H35ClF3NO4S. The number of halogens is 4. The molecular weight excluding hydrogens is 611 g/mol. The van der Waals surface area contributed by atoms with E-state index in [2.05, 4.69) is 4.90 Å². The van der Waals surface area contributed by atoms with E-state index in [-0.39, 0.29) is 34.6 Å². The third kappa shape index (κ3) is 8.85. The van der Waals surface area contributed by atoms with Crippen LogP contribution in [0, 0.1) is 0 Å². The molecule has 4 aromatic carbocycles. The molecule has 234 valence electrons. The van der Waals surface area contributed by atoms with Gasteiger partial charge in [-0.15, -0.1) is 0 Å². The van der Waals surface area contributed by atoms with Crippen LogP contribution < -0.4 is 4.74 Å². The maximum atomic E-state index is 13.6. The third-order valence-electron chi connectivity index (χ3n) is 7.34. The molecule has 0 fully saturated rings. The van der Waals surface area contributed by atoms with Crippen molar-refractivity contribution in [2.24, 2.45) is 0 Å². The van der Waals surface area contributed by atoms with Crippen LogP contribution in [-0.4, -0.2) is 44.4 Å². The van der Waals surface area contributed by atoms with Gasteiger partial charge in [0.15, 0.2) is 9.84 Å². The smallest absolute Gasteiger partial charge is 0.417 e. The summed E-state index contributed by atoms with van der Waals surface area (Å²) in [5.41, 5.74) is 1.93. The number of benzene rings is 4. The number of hydrogen-bond donors (Lipinski definition) is 1. The molecule has 0 saturated heterocycles. The predicted octanol–water partition coefficient (Wildman–Crippen LogP) is 7.92. The Hall–Kier alpha value is -3.37. The first kappa shape index (κ1) is 33.5. The fourth-order valence-corrected chi connectivity index (χ4v) is 6.47. The Morgan fingerprint density at radius 3 is 2.07 bits per heavy atom. The first-order valence-corrected chi connectivity index (χ1v) is 16.4. The number of hydrogen-bond acceptors (Lipinski definition) is 5. The van der Waals surface area contributed by atoms with Crippen molar-refractivity contribution in [3.05, 3.63) is 130 Å². The van der Waals surface area contributed by atoms with Gasteiger partial charge in [-0.2, -0.15) is 13.2 Å². The summed E-state index contributed by atoms with van der Waals surface area (Å²) in [5.74, 6) is 0.280. The quantitative estimate of drug-likeness (QED) is 0.150. The third-order valence-corrected chi connectivity index (χ3v) is 8.94. The Balaban J connectivity index is 1.57. The van der Waals surface area contributed by atoms with Crippen molar-refractivity contribution < 1.29 is 31.4 Å². The summed E-state index contributed by atoms with van der Waals surface area (Å²) < 4.78 is 71.4. The van der Waals surface area contributed by atoms with Crippen molar-refractivity contribution in [1.29, 1.82) is 0 Å². The Bertz CT molecular complexity index is 1590. The number of aliphatic hydroxyl groups is 1. The summed E-state index contributed by atoms with van der Waals surface area (Å²) in [6.45, 7) is 2.87. The van der Waals surface area contributed by atoms with Gasteiger partial charge < -0.3 is 9.84 Å². The van der Waals surface area contributed by atoms with E-state index in [1.165, 1.54) is 25.1 Å². The highest BCUT2D eigenvalue weighted by Gasteiger charge is 2.34. The summed E-state index contributed by atoms with van der Waals surface area (Å²) >= 11 is 6.30. The summed E-state index contributed by atoms with van der Waals surface area (Å²) in [5, 5.41) is 9.67. The van der Waals surface area contributed by atoms with Crippen molar-refractivity contribution in [1.82, 2.24) is 4.90 Å². The van der Waals surface area contributed by atoms with Crippen molar-refractivity contribution >= 4 is 21.4 Å². The molecule has 0 amide bonds. The maximum Gasteiger partial charge on any atom is 0.417 e. The predicted molar refractivity (Wildman–Crippen MR) is 167 cm³/mol. The van der Waals surface area contributed by atoms with Gasteiger partial charge in [0, 0.05) is 31.8 Å². The minimum Gasteiger partial charge on any atom is -0.494 e. The molecule has 1 N–H and O–H groups in total. The van der Waals surface area contributed by atoms with E-state index in [0.29, 0.717) is 30.8 Å². The molecule has 0 aliphatic rings. The van der Waals surface area contributed by atoms with Crippen LogP contribution in [0.5, 0.6) is 5.75 Å². The van der Waals surface area contributed by atoms with E-state index >= 15 is 0 Å². The first-order chi connectivity index (χ1) is 20.8. The Kier molecular flexibility index (Phi) is 11.1. The topological polar surface area (TPSA) is 66.8 Å². The molecule has 5 nitrogen and oxygen atoms in total. The van der Waals surface area contributed by atoms with Gasteiger partial charge in [-0.1, -0.05) is 90.5 Å². The summed E-state index contributed by atoms with van der Waals surface area (Å²) in [6, 6.07) is 28.3. The zero-order valence-corrected chi connectivity index (χ0v) is 26.0. The van der Waals surface area contributed by atoms with Crippen LogP contribution in [0.3, 0.4) is 0 Å². The summed E-state index contributed by atoms with van der Waals surface area (Å²) in [7, 11) is -3.60. The average molecular weight is 646 g/mol. The monoisotopic (exact) mass is 645 g/mol. The van der Waals surface area contributed by atoms with Crippen LogP contribution in [0.4, 0.5) is 13.2 Å². The Morgan fingerprint density at radius 1 is 0.909 bits per heavy atom. The van der Waals surface area contributed by atoms with Gasteiger partial charge in [0.25, 0.3) is 0 Å². The van der Waals surface area contributed by atoms with E-state index in [1.807, 2.05) is 60.7 Å². The SMILES string of the molecule is CC(O)c1ccc(OCCCN(Cc2cccc(C(F)(F)F)c2Cl)CC(c2ccccc2)c2ccccc2)cc1S(C)(=O)=O. The van der Waals surface area contributed by atoms with Gasteiger partial charge in [-0.05, 0) is 53.8 Å². The van der Waals surface area contributed by atoms with E-state index in [4.69, 9.17) is 16.3 Å². The molecule has 10 heteroatoms. The van der Waals surface area contributed by atoms with Crippen LogP contribution in [0.2, 0.25) is 5.02 Å². The van der Waals surface area contributed by atoms with Crippen LogP contribution in [0.25, 0.3) is 0 Å². The molecule has 0 saturated carbocycles. The van der Waals surface area contributed by atoms with Crippen molar-refractivity contribution in [2.75, 3.05) is 26.0 Å². The van der Waals surface area contributed by atoms with Crippen LogP contribution in [0.1, 0.15) is 53.2 Å². The van der Waals surface area contributed by atoms with Crippen molar-refractivity contribution in [2.45, 2.75) is 43.0 Å². The van der Waals surface area contributed by atoms with E-state index < -0.39 is 27.7 Å². The zero-order valence-electron chi connectivity index (χ0n) is 24.5. The normalized spacial score (nSPS) is 12.9. The standard InChI is InChI=1S/C34H35ClF3NO4S/c1-24(40)29-18-17-28(21-32(29)44(2,41)42)43-20-10-19-39(22-27-15-9-16-31(33(27)35)34(36,37)38)23-30(25-11-5-3-6-12-25)26-13-7-4-8-14-26/h3-9,11-18,21,24,30,40H,10,19-20,22-23H2,1-2H3. The molecule has 4 aromatic rings. The average Bonchev–Trinajstić information content (AvgIpc) is 2.98. The largest absolute Gasteiger partial charge is 0.494 e. The van der Waals surface area contributed by atoms with Crippen LogP contribution >= 0.6 is 11.6 Å². The second kappa shape index (κ2) is 14.6. The fraction of sp³-hybridized carbons (Fsp3) is 0.294. The van der Waals surface area contributed by atoms with Gasteiger partial charge in [0.05, 0.1) is 28.2 Å². The second-order valence-corrected chi connectivity index (χ2v) is 13.1. The van der Waals surface area contributed by atoms with Crippen LogP contribution in [-0.2, 0) is 22.6 Å². The number of nitrogens with zero attached hydrogens (tertiary/aromatic N) is 1. The lowest BCUT2D eigenvalue weighted by Gasteiger charge is -2.29. The molecule has 1 atom stereocenters. The fourth-order valence-electron chi connectivity index (χ4n) is 5.18. The first-order valence-electron chi connectivity index (χ1n) is 14.2. The summed E-state index contributed by atoms with van der Waals surface area (Å²) in [6.07, 6.45) is -3.97. The lowest BCUT2D eigenvalue weighted by Crippen LogP contribution is -2.31. The number of sulfone groups is 1. The van der Waals surface area contributed by atoms with Crippen molar-refractivity contribution in [3.63, 3.8) is 0 Å². The second-order valence-electron chi connectivity index (χ2n) is 10.7. The maximum absolute atomic E-state index is 13.6. The van der Waals surface area contributed by atoms with Gasteiger partial charge >= 0.3 is 6.18 Å². The highest BCUT2D eigenvalue weighted by molar-refractivity contribution is 7.90. The molecule has 0 spiro atoms. The van der Waals surface area contributed by atoms with E-state index in [1.54, 1.807) is 12.1 Å². The molecule has 0 heterocycles. The Labute approximate surface area is 261 Å². The molecule has 0 bridgehead atoms. The number of aliphatic hydroxyl groups excluding tert-OH is 1. The summed E-state index contributed by atoms with van der Waals surface area (Å²) in [4.78, 5) is 2.06. The molecule has 1 unspecified atom stereocenters. The van der Waals surface area contributed by atoms with Gasteiger partial charge in [-0.3, -0.25) is 4.90 Å². The van der Waals surface area contributed by atoms with Crippen LogP contribution in [0.15, 0.2) is 102 Å². The molecule has 0 aromatic heterocycles. The molecule has 4 rings (SSSR count). The highest BCUT2D eigenvalue weighted by atomic mass is 35.5.